The van der Waals surface area contributed by atoms with Gasteiger partial charge >= 0.3 is 6.09 Å². The Morgan fingerprint density at radius 3 is 2.58 bits per heavy atom. The number of hydrogen-bond acceptors (Lipinski definition) is 5. The Morgan fingerprint density at radius 1 is 1.47 bits per heavy atom. The van der Waals surface area contributed by atoms with Crippen molar-refractivity contribution < 1.29 is 19.7 Å². The first-order valence-corrected chi connectivity index (χ1v) is 6.95. The first-order valence-electron chi connectivity index (χ1n) is 6.07. The predicted octanol–water partition coefficient (Wildman–Crippen LogP) is 1.98. The quantitative estimate of drug-likeness (QED) is 0.791. The van der Waals surface area contributed by atoms with Gasteiger partial charge in [-0.1, -0.05) is 0 Å². The molecule has 1 rings (SSSR count). The molecule has 0 fully saturated rings. The van der Waals surface area contributed by atoms with Crippen molar-refractivity contribution in [3.63, 3.8) is 0 Å². The predicted molar refractivity (Wildman–Crippen MR) is 74.3 cm³/mol. The van der Waals surface area contributed by atoms with Gasteiger partial charge in [0, 0.05) is 11.4 Å². The highest BCUT2D eigenvalue weighted by Crippen LogP contribution is 2.26. The van der Waals surface area contributed by atoms with Gasteiger partial charge in [-0.15, -0.1) is 11.3 Å². The van der Waals surface area contributed by atoms with Gasteiger partial charge < -0.3 is 20.3 Å². The molecule has 0 aliphatic rings. The molecule has 0 saturated carbocycles. The lowest BCUT2D eigenvalue weighted by atomic mass is 10.1. The summed E-state index contributed by atoms with van der Waals surface area (Å²) in [7, 11) is 0. The largest absolute Gasteiger partial charge is 0.444 e. The number of carbonyl (C=O) groups is 1. The average Bonchev–Trinajstić information content (AvgIpc) is 2.69. The number of rotatable bonds is 4. The van der Waals surface area contributed by atoms with Gasteiger partial charge in [0.2, 0.25) is 0 Å². The van der Waals surface area contributed by atoms with Crippen LogP contribution in [0.4, 0.5) is 4.79 Å². The molecule has 1 aromatic rings. The second-order valence-corrected chi connectivity index (χ2v) is 6.31. The molecule has 0 aliphatic heterocycles. The molecule has 108 valence electrons. The zero-order valence-electron chi connectivity index (χ0n) is 11.6. The summed E-state index contributed by atoms with van der Waals surface area (Å²) in [6, 6.07) is 1.87. The summed E-state index contributed by atoms with van der Waals surface area (Å²) in [5, 5.41) is 24.1. The lowest BCUT2D eigenvalue weighted by molar-refractivity contribution is 0.0144. The van der Waals surface area contributed by atoms with Gasteiger partial charge in [-0.25, -0.2) is 4.79 Å². The summed E-state index contributed by atoms with van der Waals surface area (Å²) in [4.78, 5) is 12.1. The molecule has 0 saturated heterocycles. The fourth-order valence-corrected chi connectivity index (χ4v) is 2.45. The minimum Gasteiger partial charge on any atom is -0.444 e. The molecule has 0 aliphatic carbocycles. The number of nitrogens with one attached hydrogen (secondary N) is 1. The van der Waals surface area contributed by atoms with Crippen LogP contribution in [0.5, 0.6) is 0 Å². The van der Waals surface area contributed by atoms with Crippen LogP contribution in [0.3, 0.4) is 0 Å². The van der Waals surface area contributed by atoms with Crippen LogP contribution in [-0.2, 0) is 4.74 Å². The van der Waals surface area contributed by atoms with Crippen LogP contribution in [0.2, 0.25) is 0 Å². The van der Waals surface area contributed by atoms with Gasteiger partial charge in [0.25, 0.3) is 0 Å². The molecule has 0 radical (unpaired) electrons. The monoisotopic (exact) mass is 287 g/mol. The Bertz CT molecular complexity index is 425. The molecule has 2 unspecified atom stereocenters. The zero-order chi connectivity index (χ0) is 14.6. The first-order chi connectivity index (χ1) is 8.70. The Hall–Kier alpha value is -1.11. The molecular weight excluding hydrogens is 266 g/mol. The number of aryl methyl sites for hydroxylation is 1. The maximum atomic E-state index is 11.4. The fraction of sp³-hybridized carbons (Fsp3) is 0.615. The number of carbonyl (C=O) groups excluding carboxylic acids is 1. The van der Waals surface area contributed by atoms with Gasteiger partial charge in [0.05, 0.1) is 0 Å². The van der Waals surface area contributed by atoms with Crippen molar-refractivity contribution in [2.24, 2.45) is 0 Å². The minimum absolute atomic E-state index is 0.0621. The van der Waals surface area contributed by atoms with E-state index in [4.69, 9.17) is 4.74 Å². The Balaban J connectivity index is 2.45. The van der Waals surface area contributed by atoms with Gasteiger partial charge in [-0.05, 0) is 44.7 Å². The van der Waals surface area contributed by atoms with Crippen molar-refractivity contribution in [3.8, 4) is 0 Å². The van der Waals surface area contributed by atoms with Gasteiger partial charge in [0.15, 0.2) is 0 Å². The number of thiophene rings is 1. The van der Waals surface area contributed by atoms with E-state index in [0.717, 1.165) is 5.56 Å². The smallest absolute Gasteiger partial charge is 0.407 e. The highest BCUT2D eigenvalue weighted by Gasteiger charge is 2.23. The molecule has 0 aromatic carbocycles. The van der Waals surface area contributed by atoms with E-state index in [2.05, 4.69) is 5.32 Å². The van der Waals surface area contributed by atoms with E-state index >= 15 is 0 Å². The van der Waals surface area contributed by atoms with Crippen molar-refractivity contribution >= 4 is 17.4 Å². The Kier molecular flexibility index (Phi) is 5.34. The molecule has 2 atom stereocenters. The second-order valence-electron chi connectivity index (χ2n) is 5.36. The number of aliphatic hydroxyl groups excluding tert-OH is 2. The van der Waals surface area contributed by atoms with Crippen molar-refractivity contribution in [2.45, 2.75) is 45.5 Å². The summed E-state index contributed by atoms with van der Waals surface area (Å²) in [5.41, 5.74) is 0.340. The van der Waals surface area contributed by atoms with Crippen molar-refractivity contribution in [1.29, 1.82) is 0 Å². The first kappa shape index (κ1) is 15.9. The average molecular weight is 287 g/mol. The summed E-state index contributed by atoms with van der Waals surface area (Å²) in [6.07, 6.45) is -2.68. The molecular formula is C13H21NO4S. The summed E-state index contributed by atoms with van der Waals surface area (Å²) in [5.74, 6) is 0. The van der Waals surface area contributed by atoms with Crippen LogP contribution in [0, 0.1) is 6.92 Å². The van der Waals surface area contributed by atoms with E-state index in [0.29, 0.717) is 4.88 Å². The van der Waals surface area contributed by atoms with Crippen LogP contribution in [0.25, 0.3) is 0 Å². The number of hydrogen-bond donors (Lipinski definition) is 3. The van der Waals surface area contributed by atoms with Crippen LogP contribution in [0.1, 0.15) is 37.3 Å². The summed E-state index contributed by atoms with van der Waals surface area (Å²) < 4.78 is 5.04. The molecule has 1 heterocycles. The molecule has 1 aromatic heterocycles. The van der Waals surface area contributed by atoms with Gasteiger partial charge in [-0.3, -0.25) is 0 Å². The molecule has 6 heteroatoms. The van der Waals surface area contributed by atoms with Gasteiger partial charge in [0.1, 0.15) is 17.8 Å². The molecule has 3 N–H and O–H groups in total. The second kappa shape index (κ2) is 6.36. The normalized spacial score (nSPS) is 14.8. The van der Waals surface area contributed by atoms with Crippen LogP contribution in [-0.4, -0.2) is 34.6 Å². The SMILES string of the molecule is Cc1ccsc1C(O)C(O)CNC(=O)OC(C)(C)C. The third kappa shape index (κ3) is 5.18. The Labute approximate surface area is 117 Å². The standard InChI is InChI=1S/C13H21NO4S/c1-8-5-6-19-11(8)10(16)9(15)7-14-12(17)18-13(2,3)4/h5-6,9-10,15-16H,7H2,1-4H3,(H,14,17). The lowest BCUT2D eigenvalue weighted by Crippen LogP contribution is -2.38. The molecule has 19 heavy (non-hydrogen) atoms. The van der Waals surface area contributed by atoms with Crippen molar-refractivity contribution in [1.82, 2.24) is 5.32 Å². The van der Waals surface area contributed by atoms with E-state index in [-0.39, 0.29) is 6.54 Å². The van der Waals surface area contributed by atoms with E-state index in [1.807, 2.05) is 18.4 Å². The third-order valence-electron chi connectivity index (χ3n) is 2.39. The van der Waals surface area contributed by atoms with Crippen LogP contribution in [0.15, 0.2) is 11.4 Å². The molecule has 1 amide bonds. The van der Waals surface area contributed by atoms with E-state index in [1.165, 1.54) is 11.3 Å². The van der Waals surface area contributed by atoms with Crippen molar-refractivity contribution in [2.75, 3.05) is 6.54 Å². The Morgan fingerprint density at radius 2 is 2.11 bits per heavy atom. The summed E-state index contributed by atoms with van der Waals surface area (Å²) >= 11 is 1.38. The van der Waals surface area contributed by atoms with Crippen molar-refractivity contribution in [3.05, 3.63) is 21.9 Å². The maximum absolute atomic E-state index is 11.4. The zero-order valence-corrected chi connectivity index (χ0v) is 12.5. The third-order valence-corrected chi connectivity index (χ3v) is 3.48. The van der Waals surface area contributed by atoms with Crippen LogP contribution >= 0.6 is 11.3 Å². The van der Waals surface area contributed by atoms with Gasteiger partial charge in [-0.2, -0.15) is 0 Å². The molecule has 5 nitrogen and oxygen atoms in total. The minimum atomic E-state index is -1.06. The number of amides is 1. The number of alkyl carbamates (subject to hydrolysis) is 1. The molecule has 0 spiro atoms. The highest BCUT2D eigenvalue weighted by molar-refractivity contribution is 7.10. The van der Waals surface area contributed by atoms with E-state index < -0.39 is 23.9 Å². The van der Waals surface area contributed by atoms with E-state index in [1.54, 1.807) is 20.8 Å². The number of aliphatic hydroxyl groups is 2. The lowest BCUT2D eigenvalue weighted by Gasteiger charge is -2.22. The fourth-order valence-electron chi connectivity index (χ4n) is 1.48. The summed E-state index contributed by atoms with van der Waals surface area (Å²) in [6.45, 7) is 7.07. The molecule has 0 bridgehead atoms. The van der Waals surface area contributed by atoms with Crippen LogP contribution < -0.4 is 5.32 Å². The maximum Gasteiger partial charge on any atom is 0.407 e. The highest BCUT2D eigenvalue weighted by atomic mass is 32.1. The number of ether oxygens (including phenoxy) is 1. The topological polar surface area (TPSA) is 78.8 Å². The van der Waals surface area contributed by atoms with E-state index in [9.17, 15) is 15.0 Å².